The van der Waals surface area contributed by atoms with Crippen LogP contribution >= 0.6 is 0 Å². The maximum Gasteiger partial charge on any atom is 0.0353 e. The molecule has 0 nitrogen and oxygen atoms in total. The van der Waals surface area contributed by atoms with E-state index in [4.69, 9.17) is 2.74 Å². The van der Waals surface area contributed by atoms with Crippen LogP contribution in [0.3, 0.4) is 0 Å². The molecule has 0 rings (SSSR count). The van der Waals surface area contributed by atoms with Gasteiger partial charge in [0, 0.05) is 2.74 Å². The second-order valence-corrected chi connectivity index (χ2v) is 12.6. The fraction of sp³-hybridized carbons (Fsp3) is 0.800. The van der Waals surface area contributed by atoms with Crippen LogP contribution in [-0.2, 0) is 0 Å². The molecule has 0 aliphatic carbocycles. The minimum atomic E-state index is -1.27. The Morgan fingerprint density at radius 3 is 1.10 bits per heavy atom. The largest absolute Gasteiger partial charge is 0.0882 e. The lowest BCUT2D eigenvalue weighted by Crippen LogP contribution is -1.86. The van der Waals surface area contributed by atoms with Crippen LogP contribution < -0.4 is 0 Å². The molecule has 0 aromatic heterocycles. The quantitative estimate of drug-likeness (QED) is 0.0661. The molecule has 0 aromatic rings. The highest BCUT2D eigenvalue weighted by Gasteiger charge is 1.95. The minimum Gasteiger partial charge on any atom is -0.0882 e. The van der Waals surface area contributed by atoms with E-state index in [-0.39, 0.29) is 0 Å². The molecule has 0 heteroatoms. The van der Waals surface area contributed by atoms with Crippen molar-refractivity contribution in [3.05, 3.63) is 48.6 Å². The van der Waals surface area contributed by atoms with Gasteiger partial charge in [0.15, 0.2) is 0 Å². The normalized spacial score (nSPS) is 13.3. The minimum absolute atomic E-state index is 0.834. The highest BCUT2D eigenvalue weighted by molar-refractivity contribution is 4.93. The summed E-state index contributed by atoms with van der Waals surface area (Å²) in [6.07, 6.45) is 45.2. The Labute approximate surface area is 258 Å². The number of allylic oxidation sites excluding steroid dienone is 8. The Kier molecular flexibility index (Phi) is 35.1. The fourth-order valence-corrected chi connectivity index (χ4v) is 4.58. The molecule has 0 fully saturated rings. The molecule has 0 amide bonds. The van der Waals surface area contributed by atoms with Crippen LogP contribution in [0.25, 0.3) is 0 Å². The number of hydrogen-bond donors (Lipinski definition) is 0. The zero-order chi connectivity index (χ0) is 31.6. The van der Waals surface area contributed by atoms with Crippen molar-refractivity contribution in [2.75, 3.05) is 0 Å². The molecule has 0 aromatic carbocycles. The third kappa shape index (κ3) is 44.0. The van der Waals surface area contributed by atoms with Gasteiger partial charge in [0.2, 0.25) is 0 Å². The summed E-state index contributed by atoms with van der Waals surface area (Å²) in [7, 11) is 0. The Bertz CT molecular complexity index is 624. The molecule has 0 radical (unpaired) electrons. The van der Waals surface area contributed by atoms with Crippen LogP contribution in [0.1, 0.15) is 198 Å². The Balaban J connectivity index is 0. The fourth-order valence-electron chi connectivity index (χ4n) is 4.58. The first-order chi connectivity index (χ1) is 20.2. The maximum absolute atomic E-state index is 7.91. The van der Waals surface area contributed by atoms with Crippen LogP contribution in [0.5, 0.6) is 0 Å². The van der Waals surface area contributed by atoms with Crippen molar-refractivity contribution < 1.29 is 2.74 Å². The molecule has 236 valence electrons. The zero-order valence-corrected chi connectivity index (χ0v) is 28.5. The van der Waals surface area contributed by atoms with Crippen molar-refractivity contribution in [1.29, 1.82) is 0 Å². The van der Waals surface area contributed by atoms with Crippen LogP contribution in [0.15, 0.2) is 48.6 Å². The van der Waals surface area contributed by atoms with E-state index in [1.807, 2.05) is 12.2 Å². The van der Waals surface area contributed by atoms with E-state index < -0.39 is 6.37 Å². The Hall–Kier alpha value is -1.04. The summed E-state index contributed by atoms with van der Waals surface area (Å²) >= 11 is 0. The van der Waals surface area contributed by atoms with Gasteiger partial charge in [-0.3, -0.25) is 0 Å². The first-order valence-electron chi connectivity index (χ1n) is 18.9. The predicted octanol–water partition coefficient (Wildman–Crippen LogP) is 14.9. The van der Waals surface area contributed by atoms with Gasteiger partial charge in [0.05, 0.1) is 0 Å². The topological polar surface area (TPSA) is 0 Å². The molecule has 0 saturated heterocycles. The van der Waals surface area contributed by atoms with Gasteiger partial charge in [0.25, 0.3) is 0 Å². The summed E-state index contributed by atoms with van der Waals surface area (Å²) in [5.41, 5.74) is 0. The average Bonchev–Trinajstić information content (AvgIpc) is 2.94. The highest BCUT2D eigenvalue weighted by Crippen LogP contribution is 2.12. The van der Waals surface area contributed by atoms with Gasteiger partial charge < -0.3 is 0 Å². The number of unbranched alkanes of at least 4 members (excludes halogenated alkanes) is 16. The number of hydrogen-bond acceptors (Lipinski definition) is 0. The van der Waals surface area contributed by atoms with E-state index in [0.29, 0.717) is 0 Å². The second-order valence-electron chi connectivity index (χ2n) is 12.6. The van der Waals surface area contributed by atoms with Crippen LogP contribution in [0.2, 0.25) is 0 Å². The van der Waals surface area contributed by atoms with E-state index in [1.54, 1.807) is 12.2 Å². The van der Waals surface area contributed by atoms with E-state index >= 15 is 0 Å². The SMILES string of the molecule is CCCCC/C=C\C/C=C\CCCCCCCC(C)C.[2H]C([2H])(/C=C\CCCCC)/C=C\CCCCCCCC(C)C. The maximum atomic E-state index is 7.91. The summed E-state index contributed by atoms with van der Waals surface area (Å²) in [6, 6.07) is 0. The first-order valence-corrected chi connectivity index (χ1v) is 17.9. The molecule has 0 heterocycles. The summed E-state index contributed by atoms with van der Waals surface area (Å²) in [5.74, 6) is 1.72. The Morgan fingerprint density at radius 1 is 0.400 bits per heavy atom. The molecule has 0 N–H and O–H groups in total. The van der Waals surface area contributed by atoms with Crippen LogP contribution in [-0.4, -0.2) is 0 Å². The van der Waals surface area contributed by atoms with Crippen molar-refractivity contribution in [3.63, 3.8) is 0 Å². The smallest absolute Gasteiger partial charge is 0.0353 e. The van der Waals surface area contributed by atoms with E-state index in [0.717, 1.165) is 31.1 Å². The lowest BCUT2D eigenvalue weighted by molar-refractivity contribution is 0.516. The van der Waals surface area contributed by atoms with Crippen LogP contribution in [0, 0.1) is 11.8 Å². The molecule has 0 unspecified atom stereocenters. The van der Waals surface area contributed by atoms with Gasteiger partial charge in [-0.05, 0) is 76.0 Å². The molecular weight excluding hydrogens is 480 g/mol. The molecule has 0 saturated carbocycles. The molecule has 0 bridgehead atoms. The van der Waals surface area contributed by atoms with Crippen molar-refractivity contribution >= 4 is 0 Å². The molecule has 40 heavy (non-hydrogen) atoms. The summed E-state index contributed by atoms with van der Waals surface area (Å²) < 4.78 is 15.8. The third-order valence-corrected chi connectivity index (χ3v) is 7.29. The molecule has 0 aliphatic heterocycles. The lowest BCUT2D eigenvalue weighted by atomic mass is 10.0. The van der Waals surface area contributed by atoms with Crippen molar-refractivity contribution in [2.24, 2.45) is 11.8 Å². The second kappa shape index (κ2) is 38.0. The predicted molar refractivity (Wildman–Crippen MR) is 188 cm³/mol. The van der Waals surface area contributed by atoms with Gasteiger partial charge >= 0.3 is 0 Å². The zero-order valence-electron chi connectivity index (χ0n) is 30.5. The summed E-state index contributed by atoms with van der Waals surface area (Å²) in [6.45, 7) is 13.7. The molecular formula is C40H76. The summed E-state index contributed by atoms with van der Waals surface area (Å²) in [4.78, 5) is 0. The van der Waals surface area contributed by atoms with Crippen molar-refractivity contribution in [3.8, 4) is 0 Å². The van der Waals surface area contributed by atoms with Crippen molar-refractivity contribution in [1.82, 2.24) is 0 Å². The van der Waals surface area contributed by atoms with Gasteiger partial charge in [-0.1, -0.05) is 180 Å². The molecule has 0 spiro atoms. The molecule has 0 aliphatic rings. The van der Waals surface area contributed by atoms with E-state index in [9.17, 15) is 0 Å². The monoisotopic (exact) mass is 559 g/mol. The average molecular weight is 559 g/mol. The van der Waals surface area contributed by atoms with E-state index in [1.165, 1.54) is 128 Å². The van der Waals surface area contributed by atoms with Gasteiger partial charge in [-0.25, -0.2) is 0 Å². The lowest BCUT2D eigenvalue weighted by Gasteiger charge is -2.03. The summed E-state index contributed by atoms with van der Waals surface area (Å²) in [5, 5.41) is 0. The number of rotatable bonds is 28. The third-order valence-electron chi connectivity index (χ3n) is 7.29. The van der Waals surface area contributed by atoms with Crippen LogP contribution in [0.4, 0.5) is 0 Å². The van der Waals surface area contributed by atoms with Gasteiger partial charge in [0.1, 0.15) is 0 Å². The highest BCUT2D eigenvalue weighted by atomic mass is 14.0. The first kappa shape index (κ1) is 37.0. The standard InChI is InChI=1S/2C20H38/c2*1-4-5-6-7-8-9-10-11-12-13-14-15-16-17-18-19-20(2)3/h2*8-9,11-12,20H,4-7,10,13-19H2,1-3H3/b2*9-8-,12-11-/i10D2;. The Morgan fingerprint density at radius 2 is 0.725 bits per heavy atom. The molecule has 0 atom stereocenters. The van der Waals surface area contributed by atoms with Crippen molar-refractivity contribution in [2.45, 2.75) is 196 Å². The van der Waals surface area contributed by atoms with Gasteiger partial charge in [-0.15, -0.1) is 0 Å². The van der Waals surface area contributed by atoms with E-state index in [2.05, 4.69) is 65.8 Å². The van der Waals surface area contributed by atoms with Gasteiger partial charge in [-0.2, -0.15) is 0 Å².